The molecule has 13 nitrogen and oxygen atoms in total. The normalized spacial score (nSPS) is 12.5. The third-order valence-corrected chi connectivity index (χ3v) is 6.43. The van der Waals surface area contributed by atoms with E-state index in [1.54, 1.807) is 12.1 Å². The average Bonchev–Trinajstić information content (AvgIpc) is 3.27. The monoisotopic (exact) mass is 519 g/mol. The molecule has 4 rings (SSSR count). The summed E-state index contributed by atoms with van der Waals surface area (Å²) in [4.78, 5) is 20.7. The molecule has 1 aliphatic rings. The standard InChI is InChI=1S/C20H14ClN5O8S/c21-14-3-1-2-4-15(14)24-35(31,32)20-8-13(25(27)28)5-6-16(20)23-22-10-12-7-18-19(34-11-33-18)9-17(12)26(29)30/h1-10,23-24H,11H2/b22-10-. The van der Waals surface area contributed by atoms with Crippen LogP contribution in [0.15, 0.2) is 64.6 Å². The smallest absolute Gasteiger partial charge is 0.282 e. The van der Waals surface area contributed by atoms with Crippen molar-refractivity contribution in [3.05, 3.63) is 85.4 Å². The summed E-state index contributed by atoms with van der Waals surface area (Å²) in [6.07, 6.45) is 1.08. The molecule has 1 aliphatic heterocycles. The van der Waals surface area contributed by atoms with Crippen molar-refractivity contribution in [2.24, 2.45) is 5.10 Å². The van der Waals surface area contributed by atoms with Crippen LogP contribution in [0.2, 0.25) is 5.02 Å². The average molecular weight is 520 g/mol. The lowest BCUT2D eigenvalue weighted by Crippen LogP contribution is -2.15. The quantitative estimate of drug-likeness (QED) is 0.251. The number of fused-ring (bicyclic) bond motifs is 1. The molecule has 15 heteroatoms. The summed E-state index contributed by atoms with van der Waals surface area (Å²) in [5.41, 5.74) is 1.64. The number of halogens is 1. The van der Waals surface area contributed by atoms with Crippen molar-refractivity contribution in [1.29, 1.82) is 0 Å². The third kappa shape index (κ3) is 5.07. The summed E-state index contributed by atoms with van der Waals surface area (Å²) in [6, 6.07) is 11.6. The van der Waals surface area contributed by atoms with E-state index in [2.05, 4.69) is 15.2 Å². The first-order valence-corrected chi connectivity index (χ1v) is 11.4. The number of para-hydroxylation sites is 1. The van der Waals surface area contributed by atoms with Crippen LogP contribution in [0.3, 0.4) is 0 Å². The van der Waals surface area contributed by atoms with Gasteiger partial charge in [-0.05, 0) is 24.3 Å². The van der Waals surface area contributed by atoms with Crippen molar-refractivity contribution in [2.75, 3.05) is 16.9 Å². The van der Waals surface area contributed by atoms with Crippen molar-refractivity contribution in [2.45, 2.75) is 4.90 Å². The first kappa shape index (κ1) is 23.7. The highest BCUT2D eigenvalue weighted by molar-refractivity contribution is 7.93. The van der Waals surface area contributed by atoms with Gasteiger partial charge in [-0.3, -0.25) is 30.4 Å². The van der Waals surface area contributed by atoms with Crippen molar-refractivity contribution in [1.82, 2.24) is 0 Å². The second-order valence-electron chi connectivity index (χ2n) is 6.91. The van der Waals surface area contributed by atoms with Crippen molar-refractivity contribution in [3.8, 4) is 11.5 Å². The number of rotatable bonds is 8. The Morgan fingerprint density at radius 1 is 0.971 bits per heavy atom. The number of sulfonamides is 1. The molecule has 0 spiro atoms. The topological polar surface area (TPSA) is 175 Å². The largest absolute Gasteiger partial charge is 0.454 e. The Labute approximate surface area is 202 Å². The van der Waals surface area contributed by atoms with Crippen LogP contribution in [0.5, 0.6) is 11.5 Å². The van der Waals surface area contributed by atoms with Crippen LogP contribution in [-0.2, 0) is 10.0 Å². The van der Waals surface area contributed by atoms with E-state index in [0.29, 0.717) is 0 Å². The molecule has 0 atom stereocenters. The van der Waals surface area contributed by atoms with E-state index >= 15 is 0 Å². The fourth-order valence-corrected chi connectivity index (χ4v) is 4.56. The molecule has 0 aromatic heterocycles. The van der Waals surface area contributed by atoms with E-state index in [-0.39, 0.29) is 45.9 Å². The predicted molar refractivity (Wildman–Crippen MR) is 126 cm³/mol. The number of hydrogen-bond acceptors (Lipinski definition) is 10. The zero-order chi connectivity index (χ0) is 25.2. The minimum absolute atomic E-state index is 0.0484. The Morgan fingerprint density at radius 3 is 2.37 bits per heavy atom. The highest BCUT2D eigenvalue weighted by Crippen LogP contribution is 2.37. The molecule has 0 bridgehead atoms. The summed E-state index contributed by atoms with van der Waals surface area (Å²) in [5, 5.41) is 26.6. The third-order valence-electron chi connectivity index (χ3n) is 4.69. The van der Waals surface area contributed by atoms with E-state index in [0.717, 1.165) is 24.4 Å². The lowest BCUT2D eigenvalue weighted by Gasteiger charge is -2.13. The summed E-state index contributed by atoms with van der Waals surface area (Å²) < 4.78 is 38.7. The number of nitrogens with one attached hydrogen (secondary N) is 2. The van der Waals surface area contributed by atoms with Crippen LogP contribution in [0.1, 0.15) is 5.56 Å². The molecule has 0 aliphatic carbocycles. The molecule has 1 heterocycles. The van der Waals surface area contributed by atoms with Gasteiger partial charge in [0.05, 0.1) is 44.1 Å². The van der Waals surface area contributed by atoms with Gasteiger partial charge in [0, 0.05) is 12.1 Å². The molecule has 0 amide bonds. The van der Waals surface area contributed by atoms with E-state index in [1.165, 1.54) is 24.3 Å². The fourth-order valence-electron chi connectivity index (χ4n) is 3.06. The van der Waals surface area contributed by atoms with Gasteiger partial charge in [0.1, 0.15) is 4.90 Å². The van der Waals surface area contributed by atoms with Gasteiger partial charge in [0.2, 0.25) is 6.79 Å². The molecule has 2 N–H and O–H groups in total. The van der Waals surface area contributed by atoms with Gasteiger partial charge in [0.15, 0.2) is 11.5 Å². The summed E-state index contributed by atoms with van der Waals surface area (Å²) >= 11 is 6.02. The second kappa shape index (κ2) is 9.44. The van der Waals surface area contributed by atoms with Crippen LogP contribution >= 0.6 is 11.6 Å². The number of ether oxygens (including phenoxy) is 2. The molecule has 3 aromatic carbocycles. The molecule has 0 unspecified atom stereocenters. The molecule has 0 radical (unpaired) electrons. The van der Waals surface area contributed by atoms with Crippen LogP contribution in [0, 0.1) is 20.2 Å². The number of nitro benzene ring substituents is 2. The minimum Gasteiger partial charge on any atom is -0.454 e. The van der Waals surface area contributed by atoms with Crippen molar-refractivity contribution >= 4 is 50.6 Å². The van der Waals surface area contributed by atoms with Gasteiger partial charge < -0.3 is 9.47 Å². The number of hydrazone groups is 1. The Kier molecular flexibility index (Phi) is 6.40. The summed E-state index contributed by atoms with van der Waals surface area (Å²) in [6.45, 7) is -0.0895. The molecule has 0 saturated heterocycles. The van der Waals surface area contributed by atoms with Crippen LogP contribution in [0.25, 0.3) is 0 Å². The van der Waals surface area contributed by atoms with Gasteiger partial charge in [-0.25, -0.2) is 8.42 Å². The molecule has 0 fully saturated rings. The van der Waals surface area contributed by atoms with Gasteiger partial charge in [-0.1, -0.05) is 23.7 Å². The Hall–Kier alpha value is -4.43. The van der Waals surface area contributed by atoms with Crippen LogP contribution < -0.4 is 19.6 Å². The zero-order valence-corrected chi connectivity index (χ0v) is 18.9. The minimum atomic E-state index is -4.37. The maximum absolute atomic E-state index is 13.0. The first-order valence-electron chi connectivity index (χ1n) is 9.58. The van der Waals surface area contributed by atoms with Crippen molar-refractivity contribution in [3.63, 3.8) is 0 Å². The summed E-state index contributed by atoms with van der Waals surface area (Å²) in [5.74, 6) is 0.482. The highest BCUT2D eigenvalue weighted by atomic mass is 35.5. The number of non-ortho nitro benzene ring substituents is 1. The molecule has 35 heavy (non-hydrogen) atoms. The molecule has 180 valence electrons. The number of benzene rings is 3. The van der Waals surface area contributed by atoms with E-state index < -0.39 is 30.5 Å². The van der Waals surface area contributed by atoms with E-state index in [9.17, 15) is 28.6 Å². The Morgan fingerprint density at radius 2 is 1.69 bits per heavy atom. The number of hydrogen-bond donors (Lipinski definition) is 2. The molecular weight excluding hydrogens is 506 g/mol. The van der Waals surface area contributed by atoms with Gasteiger partial charge in [-0.15, -0.1) is 0 Å². The SMILES string of the molecule is O=[N+]([O-])c1ccc(N/N=C\c2cc3c(cc2[N+](=O)[O-])OCO3)c(S(=O)(=O)Nc2ccccc2Cl)c1. The Balaban J connectivity index is 1.68. The van der Waals surface area contributed by atoms with Gasteiger partial charge in [-0.2, -0.15) is 5.10 Å². The number of nitrogens with zero attached hydrogens (tertiary/aromatic N) is 3. The summed E-state index contributed by atoms with van der Waals surface area (Å²) in [7, 11) is -4.37. The van der Waals surface area contributed by atoms with Crippen LogP contribution in [-0.4, -0.2) is 31.3 Å². The lowest BCUT2D eigenvalue weighted by atomic mass is 10.1. The number of anilines is 2. The molecule has 3 aromatic rings. The van der Waals surface area contributed by atoms with E-state index in [4.69, 9.17) is 21.1 Å². The maximum Gasteiger partial charge on any atom is 0.282 e. The molecular formula is C20H14ClN5O8S. The van der Waals surface area contributed by atoms with Crippen molar-refractivity contribution < 1.29 is 27.7 Å². The van der Waals surface area contributed by atoms with Gasteiger partial charge in [0.25, 0.3) is 21.4 Å². The molecule has 0 saturated carbocycles. The van der Waals surface area contributed by atoms with Gasteiger partial charge >= 0.3 is 0 Å². The van der Waals surface area contributed by atoms with Crippen LogP contribution in [0.4, 0.5) is 22.7 Å². The zero-order valence-electron chi connectivity index (χ0n) is 17.4. The maximum atomic E-state index is 13.0. The fraction of sp³-hybridized carbons (Fsp3) is 0.0500. The second-order valence-corrected chi connectivity index (χ2v) is 8.97. The first-order chi connectivity index (χ1) is 16.7. The lowest BCUT2D eigenvalue weighted by molar-refractivity contribution is -0.385. The Bertz CT molecular complexity index is 1480. The predicted octanol–water partition coefficient (Wildman–Crippen LogP) is 4.13. The number of nitro groups is 2. The highest BCUT2D eigenvalue weighted by Gasteiger charge is 2.24. The van der Waals surface area contributed by atoms with E-state index in [1.807, 2.05) is 0 Å².